The molecule has 0 saturated carbocycles. The van der Waals surface area contributed by atoms with Gasteiger partial charge in [0.25, 0.3) is 0 Å². The molecule has 3 heteroatoms. The van der Waals surface area contributed by atoms with Gasteiger partial charge in [0, 0.05) is 43.4 Å². The normalized spacial score (nSPS) is 12.1. The van der Waals surface area contributed by atoms with Gasteiger partial charge in [0.2, 0.25) is 0 Å². The van der Waals surface area contributed by atoms with Crippen LogP contribution in [0.25, 0.3) is 99.2 Å². The van der Waals surface area contributed by atoms with Crippen molar-refractivity contribution < 1.29 is 13.3 Å². The van der Waals surface area contributed by atoms with E-state index in [1.54, 1.807) is 0 Å². The van der Waals surface area contributed by atoms with E-state index in [1.807, 2.05) is 0 Å². The highest BCUT2D eigenvalue weighted by Crippen LogP contribution is 2.45. The Balaban J connectivity index is 1.31. The van der Waals surface area contributed by atoms with E-state index >= 15 is 0 Å². The van der Waals surface area contributed by atoms with Crippen molar-refractivity contribution in [2.24, 2.45) is 0 Å². The average Bonchev–Trinajstić information content (AvgIpc) is 3.79. The van der Waals surface area contributed by atoms with Gasteiger partial charge < -0.3 is 13.3 Å². The molecule has 0 amide bonds. The van der Waals surface area contributed by atoms with Crippen molar-refractivity contribution in [3.63, 3.8) is 0 Å². The van der Waals surface area contributed by atoms with Gasteiger partial charge in [-0.3, -0.25) is 0 Å². The van der Waals surface area contributed by atoms with E-state index < -0.39 is 0 Å². The van der Waals surface area contributed by atoms with E-state index in [9.17, 15) is 0 Å². The van der Waals surface area contributed by atoms with E-state index in [-0.39, 0.29) is 0 Å². The molecule has 3 heterocycles. The Morgan fingerprint density at radius 3 is 1.69 bits per heavy atom. The molecule has 0 N–H and O–H groups in total. The molecule has 49 heavy (non-hydrogen) atoms. The number of aryl methyl sites for hydroxylation is 4. The predicted octanol–water partition coefficient (Wildman–Crippen LogP) is 13.6. The van der Waals surface area contributed by atoms with Crippen LogP contribution in [0.2, 0.25) is 0 Å². The van der Waals surface area contributed by atoms with Gasteiger partial charge in [-0.1, -0.05) is 77.4 Å². The maximum absolute atomic E-state index is 6.81. The third-order valence-corrected chi connectivity index (χ3v) is 10.1. The Labute approximate surface area is 283 Å². The van der Waals surface area contributed by atoms with Crippen LogP contribution in [0.4, 0.5) is 0 Å². The number of para-hydroxylation sites is 1. The molecule has 0 radical (unpaired) electrons. The fraction of sp³-hybridized carbons (Fsp3) is 0.0870. The number of rotatable bonds is 3. The number of hydrogen-bond donors (Lipinski definition) is 0. The van der Waals surface area contributed by atoms with Crippen LogP contribution in [-0.4, -0.2) is 0 Å². The monoisotopic (exact) mass is 632 g/mol. The van der Waals surface area contributed by atoms with Crippen LogP contribution in [0.3, 0.4) is 0 Å². The molecular weight excluding hydrogens is 601 g/mol. The zero-order valence-corrected chi connectivity index (χ0v) is 27.8. The van der Waals surface area contributed by atoms with Gasteiger partial charge in [0.15, 0.2) is 0 Å². The lowest BCUT2D eigenvalue weighted by molar-refractivity contribution is 0.666. The summed E-state index contributed by atoms with van der Waals surface area (Å²) in [6, 6.07) is 43.6. The van der Waals surface area contributed by atoms with E-state index in [1.165, 1.54) is 16.7 Å². The zero-order valence-electron chi connectivity index (χ0n) is 27.8. The second-order valence-electron chi connectivity index (χ2n) is 13.6. The number of fused-ring (bicyclic) bond motifs is 9. The van der Waals surface area contributed by atoms with Crippen molar-refractivity contribution in [1.82, 2.24) is 0 Å². The fourth-order valence-electron chi connectivity index (χ4n) is 7.67. The molecule has 0 aliphatic rings. The number of furan rings is 3. The summed E-state index contributed by atoms with van der Waals surface area (Å²) in [7, 11) is 0. The van der Waals surface area contributed by atoms with Crippen molar-refractivity contribution in [1.29, 1.82) is 0 Å². The summed E-state index contributed by atoms with van der Waals surface area (Å²) in [4.78, 5) is 0. The average molecular weight is 633 g/mol. The topological polar surface area (TPSA) is 39.4 Å². The summed E-state index contributed by atoms with van der Waals surface area (Å²) >= 11 is 0. The van der Waals surface area contributed by atoms with Crippen molar-refractivity contribution >= 4 is 65.8 Å². The Bertz CT molecular complexity index is 2980. The molecule has 0 aliphatic heterocycles. The molecule has 10 rings (SSSR count). The second-order valence-corrected chi connectivity index (χ2v) is 13.6. The van der Waals surface area contributed by atoms with E-state index in [0.717, 1.165) is 105 Å². The predicted molar refractivity (Wildman–Crippen MR) is 204 cm³/mol. The lowest BCUT2D eigenvalue weighted by Crippen LogP contribution is -1.87. The molecule has 0 atom stereocenters. The van der Waals surface area contributed by atoms with Crippen LogP contribution < -0.4 is 0 Å². The molecule has 0 unspecified atom stereocenters. The second kappa shape index (κ2) is 10.2. The Kier molecular flexibility index (Phi) is 5.84. The van der Waals surface area contributed by atoms with Crippen LogP contribution in [0, 0.1) is 27.7 Å². The van der Waals surface area contributed by atoms with Gasteiger partial charge in [-0.2, -0.15) is 0 Å². The number of benzene rings is 7. The summed E-state index contributed by atoms with van der Waals surface area (Å²) in [5.74, 6) is 0. The van der Waals surface area contributed by atoms with Crippen LogP contribution in [0.1, 0.15) is 22.3 Å². The SMILES string of the molecule is Cc1cccc(-c2cc(-c3cc(-c4ccc5oc6ccc(C)cc6c5c4)cc4c3oc3c(C)cccc34)cc3c2oc2ccc(C)cc23)c1. The fourth-order valence-corrected chi connectivity index (χ4v) is 7.67. The summed E-state index contributed by atoms with van der Waals surface area (Å²) in [5.41, 5.74) is 16.7. The molecule has 0 bridgehead atoms. The Morgan fingerprint density at radius 1 is 0.327 bits per heavy atom. The lowest BCUT2D eigenvalue weighted by Gasteiger charge is -2.11. The van der Waals surface area contributed by atoms with Crippen LogP contribution >= 0.6 is 0 Å². The van der Waals surface area contributed by atoms with Gasteiger partial charge in [0.05, 0.1) is 0 Å². The molecule has 234 valence electrons. The van der Waals surface area contributed by atoms with Gasteiger partial charge >= 0.3 is 0 Å². The highest BCUT2D eigenvalue weighted by Gasteiger charge is 2.21. The first-order valence-electron chi connectivity index (χ1n) is 16.8. The van der Waals surface area contributed by atoms with Crippen LogP contribution in [-0.2, 0) is 0 Å². The zero-order chi connectivity index (χ0) is 33.0. The third kappa shape index (κ3) is 4.29. The Hall–Kier alpha value is -6.06. The third-order valence-electron chi connectivity index (χ3n) is 10.1. The molecule has 7 aromatic carbocycles. The van der Waals surface area contributed by atoms with E-state index in [0.29, 0.717) is 0 Å². The van der Waals surface area contributed by atoms with E-state index in [4.69, 9.17) is 13.3 Å². The molecule has 0 aliphatic carbocycles. The van der Waals surface area contributed by atoms with Crippen molar-refractivity contribution in [2.45, 2.75) is 27.7 Å². The molecule has 3 nitrogen and oxygen atoms in total. The van der Waals surface area contributed by atoms with Crippen molar-refractivity contribution in [2.75, 3.05) is 0 Å². The Morgan fingerprint density at radius 2 is 0.898 bits per heavy atom. The molecule has 0 fully saturated rings. The first kappa shape index (κ1) is 28.0. The van der Waals surface area contributed by atoms with Crippen molar-refractivity contribution in [3.8, 4) is 33.4 Å². The summed E-state index contributed by atoms with van der Waals surface area (Å²) in [6.07, 6.45) is 0. The molecule has 10 aromatic rings. The van der Waals surface area contributed by atoms with Crippen LogP contribution in [0.5, 0.6) is 0 Å². The highest BCUT2D eigenvalue weighted by molar-refractivity contribution is 6.16. The molecule has 0 spiro atoms. The van der Waals surface area contributed by atoms with Gasteiger partial charge in [-0.25, -0.2) is 0 Å². The van der Waals surface area contributed by atoms with Gasteiger partial charge in [-0.05, 0) is 116 Å². The summed E-state index contributed by atoms with van der Waals surface area (Å²) in [5, 5.41) is 6.69. The molecular formula is C46H32O3. The van der Waals surface area contributed by atoms with Crippen molar-refractivity contribution in [3.05, 3.63) is 144 Å². The van der Waals surface area contributed by atoms with Gasteiger partial charge in [-0.15, -0.1) is 0 Å². The largest absolute Gasteiger partial charge is 0.456 e. The minimum Gasteiger partial charge on any atom is -0.456 e. The summed E-state index contributed by atoms with van der Waals surface area (Å²) < 4.78 is 19.7. The maximum Gasteiger partial charge on any atom is 0.143 e. The van der Waals surface area contributed by atoms with Crippen LogP contribution in [0.15, 0.2) is 135 Å². The van der Waals surface area contributed by atoms with E-state index in [2.05, 4.69) is 149 Å². The number of hydrogen-bond acceptors (Lipinski definition) is 3. The summed E-state index contributed by atoms with van der Waals surface area (Å²) in [6.45, 7) is 8.51. The minimum absolute atomic E-state index is 0.886. The lowest BCUT2D eigenvalue weighted by atomic mass is 9.91. The highest BCUT2D eigenvalue weighted by atomic mass is 16.3. The first-order chi connectivity index (χ1) is 23.9. The smallest absolute Gasteiger partial charge is 0.143 e. The molecule has 0 saturated heterocycles. The standard InChI is InChI=1S/C46H32O3/c1-25-7-5-9-30(17-25)34-23-32(24-40-37-19-27(3)12-15-43(37)48-45(34)40)35-21-31(22-39-33-10-6-8-28(4)44(33)49-46(35)39)29-13-16-42-38(20-29)36-18-26(2)11-14-41(36)47-42/h5-24H,1-4H3. The van der Waals surface area contributed by atoms with Gasteiger partial charge in [0.1, 0.15) is 33.5 Å². The quantitative estimate of drug-likeness (QED) is 0.195. The minimum atomic E-state index is 0.886. The maximum atomic E-state index is 6.81. The molecule has 3 aromatic heterocycles. The first-order valence-corrected chi connectivity index (χ1v) is 16.8.